The zero-order valence-corrected chi connectivity index (χ0v) is 26.5. The summed E-state index contributed by atoms with van der Waals surface area (Å²) in [5.74, 6) is -1.49. The zero-order valence-electron chi connectivity index (χ0n) is 26.5. The van der Waals surface area contributed by atoms with E-state index in [0.717, 1.165) is 35.6 Å². The van der Waals surface area contributed by atoms with Crippen molar-refractivity contribution >= 4 is 40.3 Å². The van der Waals surface area contributed by atoms with Gasteiger partial charge in [0.05, 0.1) is 0 Å². The number of primary amides is 1. The molecule has 0 aliphatic rings. The highest BCUT2D eigenvalue weighted by Gasteiger charge is 2.36. The van der Waals surface area contributed by atoms with Gasteiger partial charge >= 0.3 is 6.09 Å². The first-order chi connectivity index (χ1) is 20.9. The Kier molecular flexibility index (Phi) is 12.3. The van der Waals surface area contributed by atoms with Crippen LogP contribution in [0.1, 0.15) is 83.9 Å². The maximum absolute atomic E-state index is 14.3. The molecule has 3 rings (SSSR count). The van der Waals surface area contributed by atoms with E-state index in [9.17, 15) is 19.2 Å². The van der Waals surface area contributed by atoms with Crippen molar-refractivity contribution in [2.75, 3.05) is 11.9 Å². The second-order valence-corrected chi connectivity index (χ2v) is 12.0. The van der Waals surface area contributed by atoms with Crippen LogP contribution in [0.4, 0.5) is 10.5 Å². The van der Waals surface area contributed by atoms with Gasteiger partial charge in [-0.25, -0.2) is 4.79 Å². The maximum atomic E-state index is 14.3. The molecule has 0 saturated heterocycles. The topological polar surface area (TPSA) is 131 Å². The number of aryl methyl sites for hydroxylation is 1. The van der Waals surface area contributed by atoms with Crippen molar-refractivity contribution < 1.29 is 23.9 Å². The summed E-state index contributed by atoms with van der Waals surface area (Å²) in [6.45, 7) is 9.52. The summed E-state index contributed by atoms with van der Waals surface area (Å²) in [5, 5.41) is 7.68. The molecular weight excluding hydrogens is 556 g/mol. The Morgan fingerprint density at radius 1 is 0.909 bits per heavy atom. The molecule has 2 atom stereocenters. The first kappa shape index (κ1) is 34.1. The molecule has 9 nitrogen and oxygen atoms in total. The van der Waals surface area contributed by atoms with Crippen LogP contribution < -0.4 is 16.4 Å². The molecule has 236 valence electrons. The number of anilines is 1. The van der Waals surface area contributed by atoms with Gasteiger partial charge in [-0.2, -0.15) is 0 Å². The average Bonchev–Trinajstić information content (AvgIpc) is 2.97. The lowest BCUT2D eigenvalue weighted by Gasteiger charge is -2.34. The fourth-order valence-corrected chi connectivity index (χ4v) is 4.98. The number of nitrogens with two attached hydrogens (primary N) is 1. The van der Waals surface area contributed by atoms with E-state index in [0.29, 0.717) is 17.7 Å². The molecule has 0 radical (unpaired) electrons. The minimum Gasteiger partial charge on any atom is -0.444 e. The quantitative estimate of drug-likeness (QED) is 0.188. The Hall–Kier alpha value is -4.40. The second kappa shape index (κ2) is 15.9. The van der Waals surface area contributed by atoms with E-state index in [4.69, 9.17) is 10.5 Å². The lowest BCUT2D eigenvalue weighted by atomic mass is 9.99. The lowest BCUT2D eigenvalue weighted by molar-refractivity contribution is -0.141. The number of carbonyl (C=O) groups excluding carboxylic acids is 4. The second-order valence-electron chi connectivity index (χ2n) is 12.0. The molecule has 4 N–H and O–H groups in total. The Morgan fingerprint density at radius 2 is 1.59 bits per heavy atom. The first-order valence-corrected chi connectivity index (χ1v) is 15.4. The zero-order chi connectivity index (χ0) is 32.3. The largest absolute Gasteiger partial charge is 0.444 e. The van der Waals surface area contributed by atoms with E-state index in [-0.39, 0.29) is 25.3 Å². The molecule has 3 aromatic carbocycles. The number of amides is 4. The highest BCUT2D eigenvalue weighted by atomic mass is 16.6. The molecule has 0 bridgehead atoms. The van der Waals surface area contributed by atoms with E-state index in [1.165, 1.54) is 4.90 Å². The summed E-state index contributed by atoms with van der Waals surface area (Å²) in [5.41, 5.74) is 6.96. The summed E-state index contributed by atoms with van der Waals surface area (Å²) < 4.78 is 5.42. The smallest absolute Gasteiger partial charge is 0.408 e. The van der Waals surface area contributed by atoms with Crippen molar-refractivity contribution in [1.82, 2.24) is 10.2 Å². The molecule has 0 aliphatic heterocycles. The molecule has 0 aliphatic carbocycles. The monoisotopic (exact) mass is 602 g/mol. The maximum Gasteiger partial charge on any atom is 0.408 e. The fourth-order valence-electron chi connectivity index (χ4n) is 4.98. The Labute approximate surface area is 260 Å². The van der Waals surface area contributed by atoms with Crippen LogP contribution in [0.2, 0.25) is 0 Å². The SMILES string of the molecule is CCCCCN(C(=O)C(CCC(N)=O)NC(=O)OC(C)(C)C)C(C(=O)Nc1ccc2ccccc2c1)c1ccc(CC)cc1. The van der Waals surface area contributed by atoms with Crippen LogP contribution in [0, 0.1) is 0 Å². The Morgan fingerprint density at radius 3 is 2.20 bits per heavy atom. The molecule has 44 heavy (non-hydrogen) atoms. The van der Waals surface area contributed by atoms with Gasteiger partial charge in [0.2, 0.25) is 11.8 Å². The average molecular weight is 603 g/mol. The molecule has 0 fully saturated rings. The third-order valence-electron chi connectivity index (χ3n) is 7.23. The minimum atomic E-state index is -1.13. The van der Waals surface area contributed by atoms with E-state index in [1.807, 2.05) is 73.7 Å². The van der Waals surface area contributed by atoms with Crippen LogP contribution in [0.3, 0.4) is 0 Å². The van der Waals surface area contributed by atoms with Crippen molar-refractivity contribution in [1.29, 1.82) is 0 Å². The standard InChI is InChI=1S/C35H46N4O5/c1-6-8-11-22-39(33(42)29(20-21-30(36)40)38-34(43)44-35(3,4)5)31(26-16-14-24(7-2)15-17-26)32(41)37-28-19-18-25-12-9-10-13-27(25)23-28/h9-10,12-19,23,29,31H,6-8,11,20-22H2,1-5H3,(H2,36,40)(H,37,41)(H,38,43). The van der Waals surface area contributed by atoms with Crippen LogP contribution in [0.5, 0.6) is 0 Å². The van der Waals surface area contributed by atoms with Crippen LogP contribution in [-0.4, -0.2) is 46.9 Å². The third kappa shape index (κ3) is 10.1. The number of alkyl carbamates (subject to hydrolysis) is 1. The highest BCUT2D eigenvalue weighted by Crippen LogP contribution is 2.27. The van der Waals surface area contributed by atoms with Crippen molar-refractivity contribution in [2.24, 2.45) is 5.73 Å². The molecule has 0 heterocycles. The minimum absolute atomic E-state index is 0.0362. The predicted octanol–water partition coefficient (Wildman–Crippen LogP) is 6.26. The van der Waals surface area contributed by atoms with E-state index in [1.54, 1.807) is 20.8 Å². The molecule has 2 unspecified atom stereocenters. The number of fused-ring (bicyclic) bond motifs is 1. The molecule has 9 heteroatoms. The summed E-state index contributed by atoms with van der Waals surface area (Å²) in [4.78, 5) is 54.6. The van der Waals surface area contributed by atoms with Gasteiger partial charge in [-0.15, -0.1) is 0 Å². The lowest BCUT2D eigenvalue weighted by Crippen LogP contribution is -2.52. The number of benzene rings is 3. The highest BCUT2D eigenvalue weighted by molar-refractivity contribution is 6.00. The Bertz CT molecular complexity index is 1430. The number of nitrogens with one attached hydrogen (secondary N) is 2. The molecule has 0 saturated carbocycles. The molecule has 4 amide bonds. The number of hydrogen-bond acceptors (Lipinski definition) is 5. The van der Waals surface area contributed by atoms with Crippen LogP contribution in [-0.2, 0) is 25.5 Å². The summed E-state index contributed by atoms with van der Waals surface area (Å²) in [6, 6.07) is 19.0. The van der Waals surface area contributed by atoms with Gasteiger partial charge < -0.3 is 26.0 Å². The molecule has 0 aromatic heterocycles. The van der Waals surface area contributed by atoms with E-state index in [2.05, 4.69) is 17.6 Å². The summed E-state index contributed by atoms with van der Waals surface area (Å²) >= 11 is 0. The predicted molar refractivity (Wildman–Crippen MR) is 174 cm³/mol. The first-order valence-electron chi connectivity index (χ1n) is 15.4. The number of nitrogens with zero attached hydrogens (tertiary/aromatic N) is 1. The van der Waals surface area contributed by atoms with Crippen LogP contribution in [0.15, 0.2) is 66.7 Å². The van der Waals surface area contributed by atoms with Gasteiger partial charge in [0, 0.05) is 18.7 Å². The number of carbonyl (C=O) groups is 4. The number of ether oxygens (including phenoxy) is 1. The number of hydrogen-bond donors (Lipinski definition) is 3. The molecule has 0 spiro atoms. The van der Waals surface area contributed by atoms with E-state index >= 15 is 0 Å². The van der Waals surface area contributed by atoms with Crippen LogP contribution in [0.25, 0.3) is 10.8 Å². The van der Waals surface area contributed by atoms with Gasteiger partial charge in [0.25, 0.3) is 5.91 Å². The van der Waals surface area contributed by atoms with Crippen molar-refractivity contribution in [3.8, 4) is 0 Å². The molecular formula is C35H46N4O5. The summed E-state index contributed by atoms with van der Waals surface area (Å²) in [7, 11) is 0. The van der Waals surface area contributed by atoms with Crippen molar-refractivity contribution in [3.05, 3.63) is 77.9 Å². The fraction of sp³-hybridized carbons (Fsp3) is 0.429. The van der Waals surface area contributed by atoms with Gasteiger partial charge in [0.1, 0.15) is 17.7 Å². The van der Waals surface area contributed by atoms with Gasteiger partial charge in [-0.3, -0.25) is 14.4 Å². The van der Waals surface area contributed by atoms with Gasteiger partial charge in [-0.1, -0.05) is 81.3 Å². The molecule has 3 aromatic rings. The Balaban J connectivity index is 2.04. The van der Waals surface area contributed by atoms with Crippen molar-refractivity contribution in [3.63, 3.8) is 0 Å². The third-order valence-corrected chi connectivity index (χ3v) is 7.23. The van der Waals surface area contributed by atoms with Gasteiger partial charge in [-0.05, 0) is 74.1 Å². The van der Waals surface area contributed by atoms with Crippen LogP contribution >= 0.6 is 0 Å². The number of unbranched alkanes of at least 4 members (excludes halogenated alkanes) is 2. The summed E-state index contributed by atoms with van der Waals surface area (Å²) in [6.07, 6.45) is 2.25. The normalized spacial score (nSPS) is 12.7. The number of rotatable bonds is 14. The van der Waals surface area contributed by atoms with E-state index < -0.39 is 35.6 Å². The van der Waals surface area contributed by atoms with Gasteiger partial charge in [0.15, 0.2) is 0 Å². The van der Waals surface area contributed by atoms with Crippen molar-refractivity contribution in [2.45, 2.75) is 90.8 Å².